The second-order valence-corrected chi connectivity index (χ2v) is 9.78. The summed E-state index contributed by atoms with van der Waals surface area (Å²) in [6, 6.07) is 21.9. The lowest BCUT2D eigenvalue weighted by atomic mass is 10.1. The lowest BCUT2D eigenvalue weighted by Crippen LogP contribution is -2.15. The molecule has 0 aliphatic heterocycles. The number of ether oxygens (including phenoxy) is 3. The van der Waals surface area contributed by atoms with Gasteiger partial charge < -0.3 is 22.6 Å². The van der Waals surface area contributed by atoms with Gasteiger partial charge in [-0.05, 0) is 77.5 Å². The zero-order valence-corrected chi connectivity index (χ0v) is 20.8. The molecule has 4 aromatic rings. The van der Waals surface area contributed by atoms with Gasteiger partial charge in [-0.1, -0.05) is 22.1 Å². The molecule has 0 saturated heterocycles. The molecule has 0 saturated carbocycles. The van der Waals surface area contributed by atoms with Crippen LogP contribution < -0.4 is 22.6 Å². The molecular weight excluding hydrogens is 530 g/mol. The Hall–Kier alpha value is -4.03. The first-order valence-corrected chi connectivity index (χ1v) is 13.3. The van der Waals surface area contributed by atoms with Crippen LogP contribution in [-0.2, 0) is 20.7 Å². The summed E-state index contributed by atoms with van der Waals surface area (Å²) < 4.78 is 84.7. The first-order chi connectivity index (χ1) is 17.5. The zero-order chi connectivity index (χ0) is 26.6. The van der Waals surface area contributed by atoms with Crippen molar-refractivity contribution in [3.8, 4) is 28.7 Å². The Kier molecular flexibility index (Phi) is 7.41. The van der Waals surface area contributed by atoms with Crippen LogP contribution in [0.25, 0.3) is 10.8 Å². The van der Waals surface area contributed by atoms with E-state index in [2.05, 4.69) is 14.2 Å². The number of hydrogen-bond donors (Lipinski definition) is 0. The first-order valence-electron chi connectivity index (χ1n) is 10.5. The van der Waals surface area contributed by atoms with Crippen molar-refractivity contribution in [1.29, 1.82) is 0 Å². The van der Waals surface area contributed by atoms with E-state index in [1.807, 2.05) is 30.3 Å². The van der Waals surface area contributed by atoms with Gasteiger partial charge in [0.2, 0.25) is 0 Å². The van der Waals surface area contributed by atoms with Crippen molar-refractivity contribution in [3.63, 3.8) is 0 Å². The highest BCUT2D eigenvalue weighted by atomic mass is 32.3. The predicted molar refractivity (Wildman–Crippen MR) is 135 cm³/mol. The molecule has 12 heteroatoms. The molecule has 2 atom stereocenters. The van der Waals surface area contributed by atoms with E-state index in [1.165, 1.54) is 48.5 Å². The summed E-state index contributed by atoms with van der Waals surface area (Å²) in [5.74, 6) is 3.82. The monoisotopic (exact) mass is 550 g/mol. The van der Waals surface area contributed by atoms with Crippen molar-refractivity contribution >= 4 is 37.3 Å². The summed E-state index contributed by atoms with van der Waals surface area (Å²) in [4.78, 5) is 0. The Morgan fingerprint density at radius 1 is 0.649 bits per heavy atom. The van der Waals surface area contributed by atoms with Gasteiger partial charge in [-0.15, -0.1) is 3.89 Å². The number of rotatable bonds is 10. The van der Waals surface area contributed by atoms with Gasteiger partial charge in [-0.3, -0.25) is 0 Å². The lowest BCUT2D eigenvalue weighted by molar-refractivity contribution is 0.00386. The second kappa shape index (κ2) is 10.5. The van der Waals surface area contributed by atoms with Crippen LogP contribution in [0.3, 0.4) is 0 Å². The SMILES string of the molecule is C=S(=O)(F)Oc1ccc(OC(Oc2ccc(OS(=O)(=O)F)cc2)c2ccc3cc(OC)ccc3c2)cc1. The third-order valence-electron chi connectivity index (χ3n) is 4.89. The van der Waals surface area contributed by atoms with Crippen LogP contribution in [0.15, 0.2) is 84.9 Å². The fraction of sp³-hybridized carbons (Fsp3) is 0.0800. The van der Waals surface area contributed by atoms with Crippen LogP contribution in [0.5, 0.6) is 28.7 Å². The molecule has 0 amide bonds. The molecule has 0 radical (unpaired) electrons. The maximum Gasteiger partial charge on any atom is 0.488 e. The van der Waals surface area contributed by atoms with E-state index in [1.54, 1.807) is 13.2 Å². The highest BCUT2D eigenvalue weighted by Crippen LogP contribution is 2.31. The summed E-state index contributed by atoms with van der Waals surface area (Å²) in [6.45, 7) is 0. The van der Waals surface area contributed by atoms with E-state index < -0.39 is 27.0 Å². The Bertz CT molecular complexity index is 1530. The van der Waals surface area contributed by atoms with Crippen molar-refractivity contribution in [3.05, 3.63) is 90.5 Å². The van der Waals surface area contributed by atoms with Crippen molar-refractivity contribution in [2.45, 2.75) is 6.29 Å². The summed E-state index contributed by atoms with van der Waals surface area (Å²) in [5.41, 5.74) is 0.620. The molecule has 4 rings (SSSR count). The largest absolute Gasteiger partial charge is 0.497 e. The highest BCUT2D eigenvalue weighted by Gasteiger charge is 2.18. The average Bonchev–Trinajstić information content (AvgIpc) is 2.83. The van der Waals surface area contributed by atoms with E-state index in [-0.39, 0.29) is 17.2 Å². The third-order valence-corrected chi connectivity index (χ3v) is 5.73. The summed E-state index contributed by atoms with van der Waals surface area (Å²) in [5, 5.41) is 1.80. The molecule has 0 aliphatic carbocycles. The van der Waals surface area contributed by atoms with Gasteiger partial charge in [0.1, 0.15) is 28.7 Å². The van der Waals surface area contributed by atoms with Gasteiger partial charge in [-0.2, -0.15) is 12.6 Å². The molecule has 0 spiro atoms. The topological polar surface area (TPSA) is 97.4 Å². The van der Waals surface area contributed by atoms with Gasteiger partial charge in [0.25, 0.3) is 16.5 Å². The van der Waals surface area contributed by atoms with Gasteiger partial charge in [-0.25, -0.2) is 0 Å². The normalized spacial score (nSPS) is 13.8. The van der Waals surface area contributed by atoms with E-state index >= 15 is 0 Å². The molecule has 37 heavy (non-hydrogen) atoms. The smallest absolute Gasteiger partial charge is 0.488 e. The highest BCUT2D eigenvalue weighted by molar-refractivity contribution is 7.91. The van der Waals surface area contributed by atoms with Gasteiger partial charge in [0, 0.05) is 11.4 Å². The Labute approximate surface area is 212 Å². The molecule has 2 unspecified atom stereocenters. The Morgan fingerprint density at radius 2 is 1.11 bits per heavy atom. The predicted octanol–water partition coefficient (Wildman–Crippen LogP) is 5.49. The lowest BCUT2D eigenvalue weighted by Gasteiger charge is -2.22. The van der Waals surface area contributed by atoms with Crippen LogP contribution in [0.2, 0.25) is 0 Å². The van der Waals surface area contributed by atoms with E-state index in [0.29, 0.717) is 17.1 Å². The fourth-order valence-corrected chi connectivity index (χ4v) is 4.07. The molecule has 0 aromatic heterocycles. The molecule has 4 aromatic carbocycles. The average molecular weight is 551 g/mol. The minimum atomic E-state index is -5.17. The van der Waals surface area contributed by atoms with Crippen LogP contribution in [0, 0.1) is 0 Å². The van der Waals surface area contributed by atoms with Crippen LogP contribution in [0.1, 0.15) is 11.9 Å². The maximum absolute atomic E-state index is 13.2. The number of hydrogen-bond acceptors (Lipinski definition) is 8. The standard InChI is InChI=1S/C25H20F2O8S2/c1-31-24-6-5-17-15-19(4-3-18(17)16-24)25(32-20-7-11-22(12-8-20)34-36(2,26)28)33-21-9-13-23(14-10-21)35-37(27,29)30/h3-16,25H,2H2,1H3. The van der Waals surface area contributed by atoms with Gasteiger partial charge in [0.15, 0.2) is 0 Å². The van der Waals surface area contributed by atoms with Crippen LogP contribution in [0.4, 0.5) is 7.77 Å². The fourth-order valence-electron chi connectivity index (χ4n) is 3.33. The molecule has 8 nitrogen and oxygen atoms in total. The molecular formula is C25H20F2O8S2. The van der Waals surface area contributed by atoms with E-state index in [4.69, 9.17) is 14.2 Å². The molecule has 0 aliphatic rings. The van der Waals surface area contributed by atoms with Gasteiger partial charge in [0.05, 0.1) is 7.11 Å². The number of methoxy groups -OCH3 is 1. The van der Waals surface area contributed by atoms with Crippen molar-refractivity contribution in [2.75, 3.05) is 7.11 Å². The quantitative estimate of drug-likeness (QED) is 0.145. The Balaban J connectivity index is 1.63. The maximum atomic E-state index is 13.2. The molecule has 0 heterocycles. The van der Waals surface area contributed by atoms with Crippen molar-refractivity contribution < 1.29 is 43.0 Å². The number of fused-ring (bicyclic) bond motifs is 1. The third kappa shape index (κ3) is 7.48. The molecule has 194 valence electrons. The van der Waals surface area contributed by atoms with Gasteiger partial charge >= 0.3 is 10.5 Å². The molecule has 0 fully saturated rings. The zero-order valence-electron chi connectivity index (χ0n) is 19.2. The van der Waals surface area contributed by atoms with Crippen LogP contribution in [-0.4, -0.2) is 25.6 Å². The minimum Gasteiger partial charge on any atom is -0.497 e. The second-order valence-electron chi connectivity index (χ2n) is 7.58. The van der Waals surface area contributed by atoms with Crippen molar-refractivity contribution in [1.82, 2.24) is 0 Å². The van der Waals surface area contributed by atoms with E-state index in [9.17, 15) is 20.4 Å². The summed E-state index contributed by atoms with van der Waals surface area (Å²) >= 11 is 0. The molecule has 0 N–H and O–H groups in total. The minimum absolute atomic E-state index is 0.00891. The number of benzene rings is 4. The summed E-state index contributed by atoms with van der Waals surface area (Å²) in [7, 11) is -7.78. The van der Waals surface area contributed by atoms with E-state index in [0.717, 1.165) is 10.8 Å². The molecule has 0 bridgehead atoms. The Morgan fingerprint density at radius 3 is 1.62 bits per heavy atom. The van der Waals surface area contributed by atoms with Crippen LogP contribution >= 0.6 is 0 Å². The van der Waals surface area contributed by atoms with Crippen molar-refractivity contribution in [2.24, 2.45) is 0 Å². The first kappa shape index (κ1) is 26.0. The summed E-state index contributed by atoms with van der Waals surface area (Å²) in [6.07, 6.45) is -1.01. The number of halogens is 2.